The van der Waals surface area contributed by atoms with Gasteiger partial charge in [-0.05, 0) is 12.1 Å². The first-order valence-corrected chi connectivity index (χ1v) is 5.46. The molecule has 0 aromatic heterocycles. The molecule has 1 amide bonds. The van der Waals surface area contributed by atoms with Crippen LogP contribution >= 0.6 is 11.6 Å². The Kier molecular flexibility index (Phi) is 4.45. The van der Waals surface area contributed by atoms with E-state index in [4.69, 9.17) is 17.3 Å². The van der Waals surface area contributed by atoms with E-state index in [1.165, 1.54) is 25.2 Å². The highest BCUT2D eigenvalue weighted by molar-refractivity contribution is 6.33. The van der Waals surface area contributed by atoms with Gasteiger partial charge in [-0.2, -0.15) is 13.2 Å². The maximum absolute atomic E-state index is 12.0. The molecule has 0 unspecified atom stereocenters. The third kappa shape index (κ3) is 3.80. The minimum Gasteiger partial charge on any atom is -0.397 e. The summed E-state index contributed by atoms with van der Waals surface area (Å²) in [6, 6.07) is 4.44. The Labute approximate surface area is 107 Å². The number of halogens is 4. The molecule has 0 saturated heterocycles. The van der Waals surface area contributed by atoms with Crippen LogP contribution in [-0.4, -0.2) is 30.6 Å². The van der Waals surface area contributed by atoms with Crippen molar-refractivity contribution < 1.29 is 18.0 Å². The minimum atomic E-state index is -4.30. The van der Waals surface area contributed by atoms with Gasteiger partial charge in [-0.25, -0.2) is 0 Å². The molecular formula is C11H12ClF3N2O. The monoisotopic (exact) mass is 280 g/mol. The average Bonchev–Trinajstić information content (AvgIpc) is 2.28. The normalized spacial score (nSPS) is 11.4. The zero-order valence-electron chi connectivity index (χ0n) is 9.59. The third-order valence-electron chi connectivity index (χ3n) is 2.36. The standard InChI is InChI=1S/C11H12ClF3N2O/c1-17(6-5-11(13,14)15)10(18)7-3-2-4-8(12)9(7)16/h2-4H,5-6,16H2,1H3. The van der Waals surface area contributed by atoms with Crippen LogP contribution in [0.15, 0.2) is 18.2 Å². The Morgan fingerprint density at radius 2 is 2.06 bits per heavy atom. The summed E-state index contributed by atoms with van der Waals surface area (Å²) in [6.07, 6.45) is -5.36. The fourth-order valence-electron chi connectivity index (χ4n) is 1.33. The number of nitrogens with zero attached hydrogens (tertiary/aromatic N) is 1. The summed E-state index contributed by atoms with van der Waals surface area (Å²) in [5, 5.41) is 0.199. The van der Waals surface area contributed by atoms with Gasteiger partial charge in [-0.15, -0.1) is 0 Å². The van der Waals surface area contributed by atoms with Gasteiger partial charge in [-0.3, -0.25) is 4.79 Å². The van der Waals surface area contributed by atoms with Crippen LogP contribution in [0.1, 0.15) is 16.8 Å². The Bertz CT molecular complexity index is 448. The van der Waals surface area contributed by atoms with Gasteiger partial charge >= 0.3 is 6.18 Å². The number of carbonyl (C=O) groups is 1. The van der Waals surface area contributed by atoms with Gasteiger partial charge in [0.05, 0.1) is 22.7 Å². The summed E-state index contributed by atoms with van der Waals surface area (Å²) in [4.78, 5) is 12.8. The van der Waals surface area contributed by atoms with Crippen molar-refractivity contribution in [2.24, 2.45) is 0 Å². The van der Waals surface area contributed by atoms with Crippen molar-refractivity contribution in [3.63, 3.8) is 0 Å². The van der Waals surface area contributed by atoms with Gasteiger partial charge in [0, 0.05) is 13.6 Å². The van der Waals surface area contributed by atoms with E-state index in [2.05, 4.69) is 0 Å². The topological polar surface area (TPSA) is 46.3 Å². The second-order valence-electron chi connectivity index (χ2n) is 3.79. The van der Waals surface area contributed by atoms with E-state index in [0.29, 0.717) is 0 Å². The summed E-state index contributed by atoms with van der Waals surface area (Å²) in [5.41, 5.74) is 5.78. The lowest BCUT2D eigenvalue weighted by molar-refractivity contribution is -0.136. The number of hydrogen-bond acceptors (Lipinski definition) is 2. The lowest BCUT2D eigenvalue weighted by Crippen LogP contribution is -2.31. The van der Waals surface area contributed by atoms with Crippen LogP contribution in [0, 0.1) is 0 Å². The van der Waals surface area contributed by atoms with Crippen LogP contribution in [0.25, 0.3) is 0 Å². The zero-order valence-corrected chi connectivity index (χ0v) is 10.3. The van der Waals surface area contributed by atoms with E-state index < -0.39 is 25.0 Å². The van der Waals surface area contributed by atoms with Crippen molar-refractivity contribution >= 4 is 23.2 Å². The smallest absolute Gasteiger partial charge is 0.390 e. The van der Waals surface area contributed by atoms with Crippen molar-refractivity contribution in [1.29, 1.82) is 0 Å². The first-order valence-electron chi connectivity index (χ1n) is 5.08. The molecule has 0 fully saturated rings. The first kappa shape index (κ1) is 14.6. The highest BCUT2D eigenvalue weighted by Crippen LogP contribution is 2.24. The summed E-state index contributed by atoms with van der Waals surface area (Å²) >= 11 is 5.74. The van der Waals surface area contributed by atoms with E-state index >= 15 is 0 Å². The molecule has 1 aromatic rings. The number of nitrogen functional groups attached to an aromatic ring is 1. The number of para-hydroxylation sites is 1. The lowest BCUT2D eigenvalue weighted by Gasteiger charge is -2.19. The molecular weight excluding hydrogens is 269 g/mol. The van der Waals surface area contributed by atoms with Crippen molar-refractivity contribution in [2.75, 3.05) is 19.3 Å². The van der Waals surface area contributed by atoms with Gasteiger partial charge in [0.2, 0.25) is 0 Å². The Morgan fingerprint density at radius 3 is 2.61 bits per heavy atom. The number of rotatable bonds is 3. The maximum atomic E-state index is 12.0. The molecule has 1 rings (SSSR count). The molecule has 0 heterocycles. The van der Waals surface area contributed by atoms with Crippen LogP contribution < -0.4 is 5.73 Å². The van der Waals surface area contributed by atoms with E-state index in [1.807, 2.05) is 0 Å². The predicted molar refractivity (Wildman–Crippen MR) is 63.5 cm³/mol. The summed E-state index contributed by atoms with van der Waals surface area (Å²) in [7, 11) is 1.29. The number of nitrogens with two attached hydrogens (primary N) is 1. The van der Waals surface area contributed by atoms with Gasteiger partial charge < -0.3 is 10.6 Å². The lowest BCUT2D eigenvalue weighted by atomic mass is 10.1. The van der Waals surface area contributed by atoms with Crippen molar-refractivity contribution in [3.05, 3.63) is 28.8 Å². The molecule has 0 aliphatic rings. The molecule has 0 radical (unpaired) electrons. The number of carbonyl (C=O) groups excluding carboxylic acids is 1. The highest BCUT2D eigenvalue weighted by Gasteiger charge is 2.28. The summed E-state index contributed by atoms with van der Waals surface area (Å²) in [5.74, 6) is -0.584. The molecule has 3 nitrogen and oxygen atoms in total. The number of hydrogen-bond donors (Lipinski definition) is 1. The van der Waals surface area contributed by atoms with E-state index in [9.17, 15) is 18.0 Å². The molecule has 0 atom stereocenters. The van der Waals surface area contributed by atoms with Gasteiger partial charge in [0.25, 0.3) is 5.91 Å². The summed E-state index contributed by atoms with van der Waals surface area (Å²) < 4.78 is 36.1. The average molecular weight is 281 g/mol. The van der Waals surface area contributed by atoms with Crippen molar-refractivity contribution in [2.45, 2.75) is 12.6 Å². The van der Waals surface area contributed by atoms with Gasteiger partial charge in [0.15, 0.2) is 0 Å². The Balaban J connectivity index is 2.78. The van der Waals surface area contributed by atoms with E-state index in [-0.39, 0.29) is 16.3 Å². The van der Waals surface area contributed by atoms with Crippen LogP contribution in [-0.2, 0) is 0 Å². The largest absolute Gasteiger partial charge is 0.397 e. The highest BCUT2D eigenvalue weighted by atomic mass is 35.5. The number of benzene rings is 1. The zero-order chi connectivity index (χ0) is 13.9. The van der Waals surface area contributed by atoms with E-state index in [1.54, 1.807) is 0 Å². The molecule has 7 heteroatoms. The van der Waals surface area contributed by atoms with E-state index in [0.717, 1.165) is 4.90 Å². The first-order chi connectivity index (χ1) is 8.22. The van der Waals surface area contributed by atoms with Crippen molar-refractivity contribution in [3.8, 4) is 0 Å². The Morgan fingerprint density at radius 1 is 1.44 bits per heavy atom. The fraction of sp³-hybridized carbons (Fsp3) is 0.364. The van der Waals surface area contributed by atoms with Crippen LogP contribution in [0.2, 0.25) is 5.02 Å². The molecule has 0 bridgehead atoms. The minimum absolute atomic E-state index is 0.0722. The molecule has 0 saturated carbocycles. The molecule has 0 aliphatic carbocycles. The van der Waals surface area contributed by atoms with Crippen LogP contribution in [0.3, 0.4) is 0 Å². The number of anilines is 1. The molecule has 0 aliphatic heterocycles. The maximum Gasteiger partial charge on any atom is 0.390 e. The third-order valence-corrected chi connectivity index (χ3v) is 2.69. The second-order valence-corrected chi connectivity index (χ2v) is 4.20. The quantitative estimate of drug-likeness (QED) is 0.865. The van der Waals surface area contributed by atoms with Gasteiger partial charge in [0.1, 0.15) is 0 Å². The SMILES string of the molecule is CN(CCC(F)(F)F)C(=O)c1cccc(Cl)c1N. The molecule has 2 N–H and O–H groups in total. The predicted octanol–water partition coefficient (Wildman–Crippen LogP) is 2.95. The Hall–Kier alpha value is -1.43. The summed E-state index contributed by atoms with van der Waals surface area (Å²) in [6.45, 7) is -0.422. The fourth-order valence-corrected chi connectivity index (χ4v) is 1.50. The second kappa shape index (κ2) is 5.48. The molecule has 18 heavy (non-hydrogen) atoms. The number of amides is 1. The molecule has 0 spiro atoms. The molecule has 100 valence electrons. The molecule has 1 aromatic carbocycles. The number of alkyl halides is 3. The van der Waals surface area contributed by atoms with Gasteiger partial charge in [-0.1, -0.05) is 17.7 Å². The van der Waals surface area contributed by atoms with Crippen LogP contribution in [0.4, 0.5) is 18.9 Å². The van der Waals surface area contributed by atoms with Crippen LogP contribution in [0.5, 0.6) is 0 Å². The van der Waals surface area contributed by atoms with Crippen molar-refractivity contribution in [1.82, 2.24) is 4.90 Å².